The van der Waals surface area contributed by atoms with Gasteiger partial charge in [-0.2, -0.15) is 0 Å². The first-order valence-corrected chi connectivity index (χ1v) is 11.0. The fourth-order valence-electron chi connectivity index (χ4n) is 4.93. The standard InChI is InChI=1S/C25H24F2N4O/c1-14-13-31(7-6-28-14)8-9-32-25-23-19(17-10-15(26)2-4-21(17)29-23)12-20-18-11-16(27)3-5-22(18)30-24(20)25/h2-5,10-12,14,28-30H,6-9,13H2,1H3. The van der Waals surface area contributed by atoms with E-state index in [-0.39, 0.29) is 11.6 Å². The zero-order valence-corrected chi connectivity index (χ0v) is 17.8. The van der Waals surface area contributed by atoms with Gasteiger partial charge in [-0.15, -0.1) is 0 Å². The molecule has 1 aliphatic heterocycles. The molecule has 1 atom stereocenters. The largest absolute Gasteiger partial charge is 0.488 e. The number of halogens is 2. The van der Waals surface area contributed by atoms with Gasteiger partial charge in [0, 0.05) is 64.8 Å². The van der Waals surface area contributed by atoms with Gasteiger partial charge < -0.3 is 20.0 Å². The van der Waals surface area contributed by atoms with E-state index in [0.717, 1.165) is 69.8 Å². The van der Waals surface area contributed by atoms with E-state index >= 15 is 0 Å². The van der Waals surface area contributed by atoms with E-state index in [1.165, 1.54) is 24.3 Å². The van der Waals surface area contributed by atoms with Gasteiger partial charge in [0.2, 0.25) is 0 Å². The van der Waals surface area contributed by atoms with Crippen LogP contribution < -0.4 is 10.1 Å². The predicted octanol–water partition coefficient (Wildman–Crippen LogP) is 4.91. The number of H-pyrrole nitrogens is 2. The molecule has 1 saturated heterocycles. The molecule has 1 unspecified atom stereocenters. The van der Waals surface area contributed by atoms with Crippen molar-refractivity contribution >= 4 is 43.6 Å². The lowest BCUT2D eigenvalue weighted by Crippen LogP contribution is -2.50. The summed E-state index contributed by atoms with van der Waals surface area (Å²) in [6, 6.07) is 11.9. The molecule has 0 spiro atoms. The number of ether oxygens (including phenoxy) is 1. The van der Waals surface area contributed by atoms with Crippen LogP contribution in [0.2, 0.25) is 0 Å². The van der Waals surface area contributed by atoms with Crippen LogP contribution in [0.5, 0.6) is 5.75 Å². The molecule has 3 N–H and O–H groups in total. The van der Waals surface area contributed by atoms with Crippen molar-refractivity contribution in [3.05, 3.63) is 54.1 Å². The summed E-state index contributed by atoms with van der Waals surface area (Å²) >= 11 is 0. The Kier molecular flexibility index (Phi) is 4.55. The SMILES string of the molecule is CC1CN(CCOc2c3[nH]c4ccc(F)cc4c3cc3c2[nH]c2ccc(F)cc23)CCN1. The highest BCUT2D eigenvalue weighted by atomic mass is 19.1. The molecule has 1 aliphatic rings. The van der Waals surface area contributed by atoms with Gasteiger partial charge >= 0.3 is 0 Å². The zero-order chi connectivity index (χ0) is 21.8. The normalized spacial score (nSPS) is 17.8. The predicted molar refractivity (Wildman–Crippen MR) is 124 cm³/mol. The van der Waals surface area contributed by atoms with Crippen molar-refractivity contribution in [2.24, 2.45) is 0 Å². The fraction of sp³-hybridized carbons (Fsp3) is 0.280. The maximum absolute atomic E-state index is 14.0. The van der Waals surface area contributed by atoms with Crippen molar-refractivity contribution in [1.29, 1.82) is 0 Å². The summed E-state index contributed by atoms with van der Waals surface area (Å²) in [6.45, 7) is 6.47. The van der Waals surface area contributed by atoms with Gasteiger partial charge in [-0.25, -0.2) is 8.78 Å². The molecule has 0 bridgehead atoms. The first kappa shape index (κ1) is 19.5. The lowest BCUT2D eigenvalue weighted by atomic mass is 10.1. The van der Waals surface area contributed by atoms with Crippen molar-refractivity contribution in [2.45, 2.75) is 13.0 Å². The van der Waals surface area contributed by atoms with Gasteiger partial charge in [-0.3, -0.25) is 4.90 Å². The summed E-state index contributed by atoms with van der Waals surface area (Å²) < 4.78 is 34.4. The average Bonchev–Trinajstić information content (AvgIpc) is 3.31. The quantitative estimate of drug-likeness (QED) is 0.377. The molecule has 1 fully saturated rings. The lowest BCUT2D eigenvalue weighted by molar-refractivity contribution is 0.171. The zero-order valence-electron chi connectivity index (χ0n) is 17.8. The van der Waals surface area contributed by atoms with E-state index < -0.39 is 0 Å². The fourth-order valence-corrected chi connectivity index (χ4v) is 4.93. The van der Waals surface area contributed by atoms with Crippen molar-refractivity contribution < 1.29 is 13.5 Å². The van der Waals surface area contributed by atoms with Gasteiger partial charge in [0.25, 0.3) is 0 Å². The molecule has 5 nitrogen and oxygen atoms in total. The topological polar surface area (TPSA) is 56.1 Å². The van der Waals surface area contributed by atoms with Gasteiger partial charge in [0.15, 0.2) is 5.75 Å². The van der Waals surface area contributed by atoms with Crippen LogP contribution in [0, 0.1) is 11.6 Å². The third-order valence-electron chi connectivity index (χ3n) is 6.45. The van der Waals surface area contributed by atoms with Gasteiger partial charge in [-0.1, -0.05) is 0 Å². The third-order valence-corrected chi connectivity index (χ3v) is 6.45. The van der Waals surface area contributed by atoms with E-state index in [4.69, 9.17) is 4.74 Å². The molecular formula is C25H24F2N4O. The molecule has 0 saturated carbocycles. The monoisotopic (exact) mass is 434 g/mol. The average molecular weight is 434 g/mol. The summed E-state index contributed by atoms with van der Waals surface area (Å²) in [4.78, 5) is 9.20. The molecule has 5 aromatic rings. The Bertz CT molecular complexity index is 1380. The smallest absolute Gasteiger partial charge is 0.167 e. The van der Waals surface area contributed by atoms with E-state index in [0.29, 0.717) is 18.4 Å². The minimum Gasteiger partial charge on any atom is -0.488 e. The van der Waals surface area contributed by atoms with Crippen LogP contribution in [0.15, 0.2) is 42.5 Å². The lowest BCUT2D eigenvalue weighted by Gasteiger charge is -2.31. The number of hydrogen-bond donors (Lipinski definition) is 3. The molecule has 3 heterocycles. The summed E-state index contributed by atoms with van der Waals surface area (Å²) in [6.07, 6.45) is 0. The van der Waals surface area contributed by atoms with Crippen LogP contribution >= 0.6 is 0 Å². The number of aromatic amines is 2. The Morgan fingerprint density at radius 3 is 2.12 bits per heavy atom. The minimum absolute atomic E-state index is 0.293. The van der Waals surface area contributed by atoms with Crippen molar-refractivity contribution in [3.8, 4) is 5.75 Å². The number of fused-ring (bicyclic) bond motifs is 6. The first-order valence-electron chi connectivity index (χ1n) is 11.0. The minimum atomic E-state index is -0.293. The molecule has 7 heteroatoms. The Balaban J connectivity index is 1.49. The van der Waals surface area contributed by atoms with Crippen molar-refractivity contribution in [2.75, 3.05) is 32.8 Å². The number of aromatic nitrogens is 2. The van der Waals surface area contributed by atoms with Crippen LogP contribution in [-0.2, 0) is 0 Å². The number of piperazine rings is 1. The summed E-state index contributed by atoms with van der Waals surface area (Å²) in [5.41, 5.74) is 3.31. The molecule has 164 valence electrons. The molecule has 0 radical (unpaired) electrons. The van der Waals surface area contributed by atoms with Crippen molar-refractivity contribution in [1.82, 2.24) is 20.2 Å². The summed E-state index contributed by atoms with van der Waals surface area (Å²) in [7, 11) is 0. The first-order chi connectivity index (χ1) is 15.6. The highest BCUT2D eigenvalue weighted by Gasteiger charge is 2.19. The van der Waals surface area contributed by atoms with Gasteiger partial charge in [-0.05, 0) is 49.4 Å². The molecule has 6 rings (SSSR count). The molecule has 0 amide bonds. The van der Waals surface area contributed by atoms with Crippen LogP contribution in [0.4, 0.5) is 8.78 Å². The summed E-state index contributed by atoms with van der Waals surface area (Å²) in [5.74, 6) is 0.103. The van der Waals surface area contributed by atoms with Crippen LogP contribution in [0.25, 0.3) is 43.6 Å². The second kappa shape index (κ2) is 7.46. The Morgan fingerprint density at radius 1 is 0.906 bits per heavy atom. The molecule has 2 aromatic heterocycles. The van der Waals surface area contributed by atoms with Gasteiger partial charge in [0.05, 0.1) is 11.0 Å². The maximum Gasteiger partial charge on any atom is 0.167 e. The molecular weight excluding hydrogens is 410 g/mol. The molecule has 3 aromatic carbocycles. The number of nitrogens with one attached hydrogen (secondary N) is 3. The third kappa shape index (κ3) is 3.20. The Morgan fingerprint density at radius 2 is 1.53 bits per heavy atom. The second-order valence-corrected chi connectivity index (χ2v) is 8.68. The van der Waals surface area contributed by atoms with E-state index in [1.54, 1.807) is 12.1 Å². The molecule has 32 heavy (non-hydrogen) atoms. The second-order valence-electron chi connectivity index (χ2n) is 8.68. The van der Waals surface area contributed by atoms with E-state index in [1.807, 2.05) is 6.07 Å². The summed E-state index contributed by atoms with van der Waals surface area (Å²) in [5, 5.41) is 6.75. The highest BCUT2D eigenvalue weighted by molar-refractivity contribution is 6.20. The number of rotatable bonds is 4. The number of nitrogens with zero attached hydrogens (tertiary/aromatic N) is 1. The van der Waals surface area contributed by atoms with E-state index in [2.05, 4.69) is 27.1 Å². The molecule has 0 aliphatic carbocycles. The van der Waals surface area contributed by atoms with Gasteiger partial charge in [0.1, 0.15) is 18.2 Å². The highest BCUT2D eigenvalue weighted by Crippen LogP contribution is 2.41. The number of hydrogen-bond acceptors (Lipinski definition) is 3. The Hall–Kier alpha value is -3.16. The van der Waals surface area contributed by atoms with Crippen LogP contribution in [0.1, 0.15) is 6.92 Å². The maximum atomic E-state index is 14.0. The van der Waals surface area contributed by atoms with E-state index in [9.17, 15) is 8.78 Å². The van der Waals surface area contributed by atoms with Crippen molar-refractivity contribution in [3.63, 3.8) is 0 Å². The Labute approximate surface area is 183 Å². The van der Waals surface area contributed by atoms with Crippen LogP contribution in [-0.4, -0.2) is 53.7 Å². The number of benzene rings is 3. The van der Waals surface area contributed by atoms with Crippen LogP contribution in [0.3, 0.4) is 0 Å².